The van der Waals surface area contributed by atoms with Crippen molar-refractivity contribution in [3.05, 3.63) is 30.1 Å². The number of likely N-dealkylation sites (tertiary alicyclic amines) is 1. The molecule has 0 radical (unpaired) electrons. The molecule has 6 heteroatoms. The zero-order chi connectivity index (χ0) is 15.4. The molecule has 1 aromatic rings. The number of carbonyl (C=O) groups excluding carboxylic acids is 2. The van der Waals surface area contributed by atoms with E-state index in [1.807, 2.05) is 0 Å². The van der Waals surface area contributed by atoms with Gasteiger partial charge in [0.25, 0.3) is 5.91 Å². The average Bonchev–Trinajstić information content (AvgIpc) is 2.43. The number of benzene rings is 1. The molecule has 1 saturated heterocycles. The Balaban J connectivity index is 1.86. The predicted molar refractivity (Wildman–Crippen MR) is 75.3 cm³/mol. The molecule has 0 unspecified atom stereocenters. The van der Waals surface area contributed by atoms with Crippen LogP contribution in [0.4, 0.5) is 4.39 Å². The van der Waals surface area contributed by atoms with Crippen molar-refractivity contribution < 1.29 is 18.7 Å². The SMILES string of the molecule is C[C@@H](Oc1cccc(F)c1)C(=O)N[C@@H]1CCN(C)C(=O)C1. The van der Waals surface area contributed by atoms with E-state index in [9.17, 15) is 14.0 Å². The molecule has 0 aliphatic carbocycles. The second-order valence-corrected chi connectivity index (χ2v) is 5.23. The largest absolute Gasteiger partial charge is 0.481 e. The first-order valence-corrected chi connectivity index (χ1v) is 6.92. The van der Waals surface area contributed by atoms with E-state index in [0.29, 0.717) is 18.7 Å². The summed E-state index contributed by atoms with van der Waals surface area (Å²) in [6.07, 6.45) is 0.275. The van der Waals surface area contributed by atoms with Crippen molar-refractivity contribution in [3.63, 3.8) is 0 Å². The van der Waals surface area contributed by atoms with Gasteiger partial charge in [-0.15, -0.1) is 0 Å². The fourth-order valence-electron chi connectivity index (χ4n) is 2.18. The summed E-state index contributed by atoms with van der Waals surface area (Å²) in [5.41, 5.74) is 0. The molecular weight excluding hydrogens is 275 g/mol. The fraction of sp³-hybridized carbons (Fsp3) is 0.467. The second kappa shape index (κ2) is 6.56. The molecule has 1 aliphatic heterocycles. The van der Waals surface area contributed by atoms with Crippen LogP contribution in [0.25, 0.3) is 0 Å². The maximum absolute atomic E-state index is 13.0. The van der Waals surface area contributed by atoms with Gasteiger partial charge in [0.1, 0.15) is 11.6 Å². The molecule has 0 bridgehead atoms. The molecule has 0 saturated carbocycles. The van der Waals surface area contributed by atoms with Crippen LogP contribution in [-0.4, -0.2) is 42.5 Å². The predicted octanol–water partition coefficient (Wildman–Crippen LogP) is 1.33. The van der Waals surface area contributed by atoms with Crippen LogP contribution in [0.15, 0.2) is 24.3 Å². The maximum atomic E-state index is 13.0. The van der Waals surface area contributed by atoms with Gasteiger partial charge in [-0.05, 0) is 25.5 Å². The average molecular weight is 294 g/mol. The van der Waals surface area contributed by atoms with Crippen molar-refractivity contribution >= 4 is 11.8 Å². The number of carbonyl (C=O) groups is 2. The topological polar surface area (TPSA) is 58.6 Å². The molecule has 2 rings (SSSR count). The molecule has 0 aromatic heterocycles. The molecule has 1 aliphatic rings. The molecule has 2 amide bonds. The maximum Gasteiger partial charge on any atom is 0.261 e. The summed E-state index contributed by atoms with van der Waals surface area (Å²) in [7, 11) is 1.75. The van der Waals surface area contributed by atoms with Gasteiger partial charge in [0.15, 0.2) is 6.10 Å². The van der Waals surface area contributed by atoms with Crippen LogP contribution in [-0.2, 0) is 9.59 Å². The van der Waals surface area contributed by atoms with E-state index in [0.717, 1.165) is 6.42 Å². The van der Waals surface area contributed by atoms with Crippen molar-refractivity contribution in [2.24, 2.45) is 0 Å². The number of nitrogens with one attached hydrogen (secondary N) is 1. The van der Waals surface area contributed by atoms with Gasteiger partial charge in [-0.25, -0.2) is 4.39 Å². The van der Waals surface area contributed by atoms with E-state index < -0.39 is 11.9 Å². The van der Waals surface area contributed by atoms with Crippen LogP contribution < -0.4 is 10.1 Å². The number of halogens is 1. The molecule has 1 aromatic carbocycles. The highest BCUT2D eigenvalue weighted by Gasteiger charge is 2.26. The van der Waals surface area contributed by atoms with Gasteiger partial charge in [0.2, 0.25) is 5.91 Å². The van der Waals surface area contributed by atoms with Crippen molar-refractivity contribution in [2.45, 2.75) is 31.9 Å². The Morgan fingerprint density at radius 1 is 1.52 bits per heavy atom. The Morgan fingerprint density at radius 2 is 2.29 bits per heavy atom. The molecule has 114 valence electrons. The van der Waals surface area contributed by atoms with Crippen LogP contribution in [0.3, 0.4) is 0 Å². The molecule has 1 heterocycles. The number of rotatable bonds is 4. The van der Waals surface area contributed by atoms with Crippen LogP contribution >= 0.6 is 0 Å². The van der Waals surface area contributed by atoms with Crippen LogP contribution in [0.2, 0.25) is 0 Å². The molecule has 1 fully saturated rings. The van der Waals surface area contributed by atoms with E-state index in [2.05, 4.69) is 5.32 Å². The zero-order valence-corrected chi connectivity index (χ0v) is 12.1. The second-order valence-electron chi connectivity index (χ2n) is 5.23. The van der Waals surface area contributed by atoms with Crippen LogP contribution in [0, 0.1) is 5.82 Å². The Bertz CT molecular complexity index is 535. The van der Waals surface area contributed by atoms with Gasteiger partial charge in [-0.2, -0.15) is 0 Å². The monoisotopic (exact) mass is 294 g/mol. The minimum Gasteiger partial charge on any atom is -0.481 e. The Morgan fingerprint density at radius 3 is 2.95 bits per heavy atom. The first-order valence-electron chi connectivity index (χ1n) is 6.92. The van der Waals surface area contributed by atoms with Crippen molar-refractivity contribution in [1.29, 1.82) is 0 Å². The van der Waals surface area contributed by atoms with Gasteiger partial charge < -0.3 is 15.0 Å². The van der Waals surface area contributed by atoms with Gasteiger partial charge in [0.05, 0.1) is 0 Å². The summed E-state index contributed by atoms with van der Waals surface area (Å²) in [4.78, 5) is 25.3. The summed E-state index contributed by atoms with van der Waals surface area (Å²) in [5, 5.41) is 2.80. The van der Waals surface area contributed by atoms with E-state index in [-0.39, 0.29) is 17.9 Å². The third-order valence-electron chi connectivity index (χ3n) is 3.48. The molecule has 5 nitrogen and oxygen atoms in total. The number of amides is 2. The Hall–Kier alpha value is -2.11. The third kappa shape index (κ3) is 4.18. The van der Waals surface area contributed by atoms with Gasteiger partial charge in [-0.1, -0.05) is 6.07 Å². The summed E-state index contributed by atoms with van der Waals surface area (Å²) < 4.78 is 18.4. The van der Waals surface area contributed by atoms with Gasteiger partial charge in [0, 0.05) is 32.1 Å². The summed E-state index contributed by atoms with van der Waals surface area (Å²) in [6.45, 7) is 2.22. The van der Waals surface area contributed by atoms with Crippen LogP contribution in [0.5, 0.6) is 5.75 Å². The summed E-state index contributed by atoms with van der Waals surface area (Å²) in [5.74, 6) is -0.398. The standard InChI is InChI=1S/C15H19FN2O3/c1-10(21-13-5-3-4-11(16)8-13)15(20)17-12-6-7-18(2)14(19)9-12/h3-5,8,10,12H,6-7,9H2,1-2H3,(H,17,20)/t10-,12-/m1/s1. The molecular formula is C15H19FN2O3. The summed E-state index contributed by atoms with van der Waals surface area (Å²) in [6, 6.07) is 5.47. The number of nitrogens with zero attached hydrogens (tertiary/aromatic N) is 1. The highest BCUT2D eigenvalue weighted by molar-refractivity contribution is 5.83. The highest BCUT2D eigenvalue weighted by atomic mass is 19.1. The smallest absolute Gasteiger partial charge is 0.261 e. The lowest BCUT2D eigenvalue weighted by Crippen LogP contribution is -2.49. The van der Waals surface area contributed by atoms with Crippen molar-refractivity contribution in [3.8, 4) is 5.75 Å². The van der Waals surface area contributed by atoms with Crippen molar-refractivity contribution in [1.82, 2.24) is 10.2 Å². The fourth-order valence-corrected chi connectivity index (χ4v) is 2.18. The number of hydrogen-bond donors (Lipinski definition) is 1. The lowest BCUT2D eigenvalue weighted by molar-refractivity contribution is -0.134. The number of piperidine rings is 1. The zero-order valence-electron chi connectivity index (χ0n) is 12.1. The quantitative estimate of drug-likeness (QED) is 0.911. The minimum atomic E-state index is -0.749. The number of ether oxygens (including phenoxy) is 1. The summed E-state index contributed by atoms with van der Waals surface area (Å²) >= 11 is 0. The minimum absolute atomic E-state index is 0.0188. The molecule has 0 spiro atoms. The molecule has 1 N–H and O–H groups in total. The van der Waals surface area contributed by atoms with Gasteiger partial charge >= 0.3 is 0 Å². The Kier molecular flexibility index (Phi) is 4.77. The van der Waals surface area contributed by atoms with E-state index in [1.54, 1.807) is 24.9 Å². The van der Waals surface area contributed by atoms with E-state index in [4.69, 9.17) is 4.74 Å². The highest BCUT2D eigenvalue weighted by Crippen LogP contribution is 2.15. The lowest BCUT2D eigenvalue weighted by Gasteiger charge is -2.30. The molecule has 21 heavy (non-hydrogen) atoms. The van der Waals surface area contributed by atoms with Crippen molar-refractivity contribution in [2.75, 3.05) is 13.6 Å². The molecule has 2 atom stereocenters. The van der Waals surface area contributed by atoms with Crippen LogP contribution in [0.1, 0.15) is 19.8 Å². The van der Waals surface area contributed by atoms with E-state index >= 15 is 0 Å². The number of hydrogen-bond acceptors (Lipinski definition) is 3. The van der Waals surface area contributed by atoms with E-state index in [1.165, 1.54) is 18.2 Å². The Labute approximate surface area is 123 Å². The first-order chi connectivity index (χ1) is 9.95. The first kappa shape index (κ1) is 15.3. The third-order valence-corrected chi connectivity index (χ3v) is 3.48. The lowest BCUT2D eigenvalue weighted by atomic mass is 10.0. The van der Waals surface area contributed by atoms with Gasteiger partial charge in [-0.3, -0.25) is 9.59 Å². The normalized spacial score (nSPS) is 20.0.